The lowest BCUT2D eigenvalue weighted by atomic mass is 10.0. The molecule has 0 bridgehead atoms. The molecular formula is C26H29ClN4O5. The van der Waals surface area contributed by atoms with Gasteiger partial charge in [0.2, 0.25) is 5.91 Å². The maximum absolute atomic E-state index is 13.3. The predicted octanol–water partition coefficient (Wildman–Crippen LogP) is 4.59. The number of amides is 2. The van der Waals surface area contributed by atoms with Gasteiger partial charge in [0.05, 0.1) is 0 Å². The highest BCUT2D eigenvalue weighted by Gasteiger charge is 2.25. The maximum atomic E-state index is 13.3. The van der Waals surface area contributed by atoms with Gasteiger partial charge in [-0.2, -0.15) is 0 Å². The van der Waals surface area contributed by atoms with Crippen LogP contribution in [0.1, 0.15) is 37.2 Å². The lowest BCUT2D eigenvalue weighted by Crippen LogP contribution is -2.47. The molecule has 0 aliphatic carbocycles. The van der Waals surface area contributed by atoms with E-state index in [1.807, 2.05) is 0 Å². The number of ether oxygens (including phenoxy) is 1. The quantitative estimate of drug-likeness (QED) is 0.315. The van der Waals surface area contributed by atoms with Gasteiger partial charge in [-0.3, -0.25) is 9.59 Å². The average Bonchev–Trinajstić information content (AvgIpc) is 3.18. The highest BCUT2D eigenvalue weighted by molar-refractivity contribution is 6.30. The number of aromatic nitrogens is 1. The van der Waals surface area contributed by atoms with Crippen LogP contribution in [-0.2, 0) is 11.3 Å². The fraction of sp³-hybridized carbons (Fsp3) is 0.346. The van der Waals surface area contributed by atoms with E-state index in [1.54, 1.807) is 41.0 Å². The van der Waals surface area contributed by atoms with Crippen molar-refractivity contribution in [3.63, 3.8) is 0 Å². The molecule has 3 aromatic rings. The number of likely N-dealkylation sites (tertiary alicyclic amines) is 1. The molecule has 10 heteroatoms. The van der Waals surface area contributed by atoms with E-state index in [0.717, 1.165) is 25.9 Å². The molecule has 1 aromatic heterocycles. The summed E-state index contributed by atoms with van der Waals surface area (Å²) in [5, 5.41) is 16.0. The van der Waals surface area contributed by atoms with Crippen LogP contribution < -0.4 is 15.4 Å². The summed E-state index contributed by atoms with van der Waals surface area (Å²) in [7, 11) is 0. The molecule has 0 atom stereocenters. The Bertz CT molecular complexity index is 1260. The van der Waals surface area contributed by atoms with Crippen LogP contribution >= 0.6 is 11.6 Å². The van der Waals surface area contributed by atoms with Crippen LogP contribution in [0.3, 0.4) is 0 Å². The van der Waals surface area contributed by atoms with Crippen molar-refractivity contribution in [1.29, 1.82) is 0 Å². The van der Waals surface area contributed by atoms with Crippen LogP contribution in [0.4, 0.5) is 10.5 Å². The summed E-state index contributed by atoms with van der Waals surface area (Å²) >= 11 is 5.92. The van der Waals surface area contributed by atoms with Crippen molar-refractivity contribution in [2.75, 3.05) is 18.4 Å². The lowest BCUT2D eigenvalue weighted by molar-refractivity contribution is -0.116. The largest absolute Gasteiger partial charge is 0.511 e. The van der Waals surface area contributed by atoms with Crippen LogP contribution in [0, 0.1) is 0 Å². The first kappa shape index (κ1) is 25.5. The number of nitrogens with one attached hydrogen (secondary N) is 2. The van der Waals surface area contributed by atoms with Gasteiger partial charge in [-0.25, -0.2) is 4.79 Å². The zero-order chi connectivity index (χ0) is 25.8. The van der Waals surface area contributed by atoms with E-state index in [-0.39, 0.29) is 30.2 Å². The number of carbonyl (C=O) groups excluding carboxylic acids is 2. The minimum Gasteiger partial charge on any atom is -0.449 e. The molecule has 1 saturated heterocycles. The third-order valence-corrected chi connectivity index (χ3v) is 6.59. The Morgan fingerprint density at radius 3 is 2.42 bits per heavy atom. The van der Waals surface area contributed by atoms with E-state index in [9.17, 15) is 14.4 Å². The molecule has 2 heterocycles. The summed E-state index contributed by atoms with van der Waals surface area (Å²) in [4.78, 5) is 39.6. The number of halogens is 1. The molecule has 2 amide bonds. The molecule has 1 aliphatic rings. The third-order valence-electron chi connectivity index (χ3n) is 6.34. The molecule has 3 N–H and O–H groups in total. The van der Waals surface area contributed by atoms with Gasteiger partial charge in [-0.15, -0.1) is 0 Å². The third kappa shape index (κ3) is 6.16. The molecule has 9 nitrogen and oxygen atoms in total. The van der Waals surface area contributed by atoms with E-state index < -0.39 is 6.16 Å². The van der Waals surface area contributed by atoms with Crippen LogP contribution in [-0.4, -0.2) is 57.7 Å². The van der Waals surface area contributed by atoms with Crippen LogP contribution in [0.5, 0.6) is 5.75 Å². The average molecular weight is 513 g/mol. The van der Waals surface area contributed by atoms with Gasteiger partial charge < -0.3 is 29.9 Å². The van der Waals surface area contributed by atoms with Gasteiger partial charge in [0.1, 0.15) is 18.0 Å². The first-order valence-electron chi connectivity index (χ1n) is 11.8. The molecule has 0 saturated carbocycles. The number of fused-ring (bicyclic) bond motifs is 1. The number of nitrogens with zero attached hydrogens (tertiary/aromatic N) is 2. The van der Waals surface area contributed by atoms with E-state index in [1.165, 1.54) is 12.1 Å². The molecule has 4 rings (SSSR count). The summed E-state index contributed by atoms with van der Waals surface area (Å²) < 4.78 is 6.39. The van der Waals surface area contributed by atoms with Crippen molar-refractivity contribution < 1.29 is 24.2 Å². The Kier molecular flexibility index (Phi) is 7.81. The Morgan fingerprint density at radius 1 is 1.08 bits per heavy atom. The van der Waals surface area contributed by atoms with Gasteiger partial charge in [-0.05, 0) is 75.2 Å². The first-order valence-corrected chi connectivity index (χ1v) is 12.2. The molecule has 36 heavy (non-hydrogen) atoms. The van der Waals surface area contributed by atoms with Gasteiger partial charge in [0.25, 0.3) is 5.91 Å². The summed E-state index contributed by atoms with van der Waals surface area (Å²) in [6.07, 6.45) is 0.261. The van der Waals surface area contributed by atoms with Crippen LogP contribution in [0.25, 0.3) is 10.9 Å². The van der Waals surface area contributed by atoms with Crippen molar-refractivity contribution in [3.05, 3.63) is 59.2 Å². The van der Waals surface area contributed by atoms with Crippen molar-refractivity contribution in [1.82, 2.24) is 14.8 Å². The Morgan fingerprint density at radius 2 is 1.78 bits per heavy atom. The van der Waals surface area contributed by atoms with Gasteiger partial charge in [0.15, 0.2) is 0 Å². The van der Waals surface area contributed by atoms with Gasteiger partial charge >= 0.3 is 6.16 Å². The highest BCUT2D eigenvalue weighted by Crippen LogP contribution is 2.26. The fourth-order valence-corrected chi connectivity index (χ4v) is 4.59. The topological polar surface area (TPSA) is 113 Å². The molecule has 2 aromatic carbocycles. The first-order chi connectivity index (χ1) is 17.2. The summed E-state index contributed by atoms with van der Waals surface area (Å²) in [6, 6.07) is 13.6. The molecule has 1 aliphatic heterocycles. The van der Waals surface area contributed by atoms with E-state index in [4.69, 9.17) is 21.4 Å². The van der Waals surface area contributed by atoms with Crippen molar-refractivity contribution in [2.24, 2.45) is 0 Å². The number of hydrogen-bond acceptors (Lipinski definition) is 5. The van der Waals surface area contributed by atoms with Gasteiger partial charge in [0, 0.05) is 46.8 Å². The highest BCUT2D eigenvalue weighted by atomic mass is 35.5. The summed E-state index contributed by atoms with van der Waals surface area (Å²) in [5.41, 5.74) is 1.51. The molecular weight excluding hydrogens is 484 g/mol. The second-order valence-corrected chi connectivity index (χ2v) is 9.57. The van der Waals surface area contributed by atoms with E-state index in [0.29, 0.717) is 33.3 Å². The second-order valence-electron chi connectivity index (χ2n) is 9.14. The lowest BCUT2D eigenvalue weighted by Gasteiger charge is -2.34. The molecule has 1 fully saturated rings. The molecule has 0 radical (unpaired) electrons. The second kappa shape index (κ2) is 11.0. The Balaban J connectivity index is 1.57. The maximum Gasteiger partial charge on any atom is 0.511 e. The molecule has 190 valence electrons. The number of rotatable bonds is 7. The number of piperidine rings is 1. The minimum atomic E-state index is -1.43. The summed E-state index contributed by atoms with van der Waals surface area (Å²) in [6.45, 7) is 6.03. The van der Waals surface area contributed by atoms with E-state index in [2.05, 4.69) is 29.4 Å². The fourth-order valence-electron chi connectivity index (χ4n) is 4.47. The molecule has 0 unspecified atom stereocenters. The number of carboxylic acid groups (broad SMARTS) is 1. The van der Waals surface area contributed by atoms with Crippen LogP contribution in [0.15, 0.2) is 48.5 Å². The van der Waals surface area contributed by atoms with Crippen molar-refractivity contribution in [3.8, 4) is 5.75 Å². The predicted molar refractivity (Wildman–Crippen MR) is 138 cm³/mol. The van der Waals surface area contributed by atoms with E-state index >= 15 is 0 Å². The summed E-state index contributed by atoms with van der Waals surface area (Å²) in [5.74, 6) is -0.472. The zero-order valence-corrected chi connectivity index (χ0v) is 20.9. The minimum absolute atomic E-state index is 0.0350. The number of anilines is 1. The standard InChI is InChI=1S/C26H29ClN4O5/c1-16(2)30-11-9-20(10-12-30)29-25(33)23-14-17-13-21(36-26(34)35)7-8-22(17)31(23)15-24(32)28-19-5-3-18(27)4-6-19/h3-8,13-14,16,20H,9-12,15H2,1-2H3,(H,28,32)(H,29,33)(H,34,35). The SMILES string of the molecule is CC(C)N1CCC(NC(=O)c2cc3cc(OC(=O)O)ccc3n2CC(=O)Nc2ccc(Cl)cc2)CC1. The Labute approximate surface area is 214 Å². The van der Waals surface area contributed by atoms with Crippen LogP contribution in [0.2, 0.25) is 5.02 Å². The number of hydrogen-bond donors (Lipinski definition) is 3. The zero-order valence-electron chi connectivity index (χ0n) is 20.2. The van der Waals surface area contributed by atoms with Crippen molar-refractivity contribution in [2.45, 2.75) is 45.3 Å². The Hall–Kier alpha value is -3.56. The normalized spacial score (nSPS) is 14.7. The van der Waals surface area contributed by atoms with Gasteiger partial charge in [-0.1, -0.05) is 11.6 Å². The van der Waals surface area contributed by atoms with Crippen molar-refractivity contribution >= 4 is 46.2 Å². The smallest absolute Gasteiger partial charge is 0.449 e. The monoisotopic (exact) mass is 512 g/mol. The molecule has 0 spiro atoms. The number of carbonyl (C=O) groups is 3. The number of benzene rings is 2.